The van der Waals surface area contributed by atoms with Crippen molar-refractivity contribution in [1.29, 1.82) is 0 Å². The first kappa shape index (κ1) is 19.5. The predicted molar refractivity (Wildman–Crippen MR) is 118 cm³/mol. The molecule has 29 heavy (non-hydrogen) atoms. The maximum atomic E-state index is 12.9. The van der Waals surface area contributed by atoms with Crippen molar-refractivity contribution in [3.05, 3.63) is 65.2 Å². The summed E-state index contributed by atoms with van der Waals surface area (Å²) in [7, 11) is 0. The van der Waals surface area contributed by atoms with Gasteiger partial charge in [-0.3, -0.25) is 4.79 Å². The van der Waals surface area contributed by atoms with Crippen LogP contribution >= 0.6 is 11.3 Å². The summed E-state index contributed by atoms with van der Waals surface area (Å²) in [6.45, 7) is 5.02. The van der Waals surface area contributed by atoms with Crippen LogP contribution in [0.15, 0.2) is 54.7 Å². The molecule has 6 heteroatoms. The van der Waals surface area contributed by atoms with Gasteiger partial charge in [-0.1, -0.05) is 30.3 Å². The van der Waals surface area contributed by atoms with E-state index in [4.69, 9.17) is 4.74 Å². The first-order chi connectivity index (χ1) is 14.2. The van der Waals surface area contributed by atoms with E-state index in [1.54, 1.807) is 0 Å². The van der Waals surface area contributed by atoms with E-state index in [0.717, 1.165) is 34.9 Å². The largest absolute Gasteiger partial charge is 0.492 e. The Bertz CT molecular complexity index is 965. The molecule has 0 unspecified atom stereocenters. The second kappa shape index (κ2) is 9.09. The number of carbonyl (C=O) groups is 1. The lowest BCUT2D eigenvalue weighted by Crippen LogP contribution is -2.23. The highest BCUT2D eigenvalue weighted by Gasteiger charge is 2.19. The van der Waals surface area contributed by atoms with Crippen molar-refractivity contribution in [2.45, 2.75) is 26.3 Å². The predicted octanol–water partition coefficient (Wildman–Crippen LogP) is 4.74. The van der Waals surface area contributed by atoms with Crippen LogP contribution in [0.1, 0.15) is 35.0 Å². The molecule has 150 valence electrons. The van der Waals surface area contributed by atoms with Crippen LogP contribution in [0.4, 0.5) is 5.82 Å². The lowest BCUT2D eigenvalue weighted by molar-refractivity contribution is 0.0951. The molecule has 0 radical (unpaired) electrons. The first-order valence-corrected chi connectivity index (χ1v) is 10.9. The number of pyridine rings is 1. The number of aromatic nitrogens is 1. The van der Waals surface area contributed by atoms with Gasteiger partial charge in [-0.15, -0.1) is 11.3 Å². The summed E-state index contributed by atoms with van der Waals surface area (Å²) in [6, 6.07) is 16.0. The number of ether oxygens (including phenoxy) is 1. The van der Waals surface area contributed by atoms with E-state index in [9.17, 15) is 4.79 Å². The van der Waals surface area contributed by atoms with Crippen molar-refractivity contribution < 1.29 is 9.53 Å². The van der Waals surface area contributed by atoms with Gasteiger partial charge in [0.1, 0.15) is 16.4 Å². The molecular formula is C23H25N3O2S. The van der Waals surface area contributed by atoms with Gasteiger partial charge in [-0.25, -0.2) is 4.98 Å². The quantitative estimate of drug-likeness (QED) is 0.615. The Balaban J connectivity index is 1.48. The Morgan fingerprint density at radius 2 is 1.97 bits per heavy atom. The average Bonchev–Trinajstić information content (AvgIpc) is 3.44. The molecule has 3 heterocycles. The van der Waals surface area contributed by atoms with Crippen LogP contribution in [-0.2, 0) is 6.54 Å². The minimum atomic E-state index is -0.111. The number of hydrogen-bond acceptors (Lipinski definition) is 5. The molecule has 1 N–H and O–H groups in total. The molecule has 3 aromatic rings. The van der Waals surface area contributed by atoms with E-state index in [-0.39, 0.29) is 5.91 Å². The lowest BCUT2D eigenvalue weighted by Gasteiger charge is -2.17. The summed E-state index contributed by atoms with van der Waals surface area (Å²) in [5, 5.41) is 3.04. The molecule has 0 aliphatic carbocycles. The zero-order valence-corrected chi connectivity index (χ0v) is 17.4. The van der Waals surface area contributed by atoms with Gasteiger partial charge in [0.05, 0.1) is 6.61 Å². The molecule has 0 spiro atoms. The number of nitrogens with one attached hydrogen (secondary N) is 1. The fourth-order valence-electron chi connectivity index (χ4n) is 3.49. The van der Waals surface area contributed by atoms with Crippen molar-refractivity contribution in [3.8, 4) is 16.2 Å². The number of rotatable bonds is 7. The highest BCUT2D eigenvalue weighted by atomic mass is 32.1. The molecule has 0 bridgehead atoms. The van der Waals surface area contributed by atoms with Crippen molar-refractivity contribution >= 4 is 23.1 Å². The van der Waals surface area contributed by atoms with Gasteiger partial charge in [0, 0.05) is 30.7 Å². The Kier molecular flexibility index (Phi) is 6.10. The number of carbonyl (C=O) groups excluding carboxylic acids is 1. The van der Waals surface area contributed by atoms with Crippen LogP contribution < -0.4 is 15.0 Å². The fourth-order valence-corrected chi connectivity index (χ4v) is 4.52. The SMILES string of the molecule is CCOc1cc(-c2ccccc2)sc1C(=O)NCc1ccnc(N2CCCC2)c1. The molecule has 1 aromatic carbocycles. The molecule has 1 fully saturated rings. The lowest BCUT2D eigenvalue weighted by atomic mass is 10.2. The number of anilines is 1. The van der Waals surface area contributed by atoms with Crippen molar-refractivity contribution in [1.82, 2.24) is 10.3 Å². The zero-order valence-electron chi connectivity index (χ0n) is 16.6. The van der Waals surface area contributed by atoms with Gasteiger partial charge < -0.3 is 15.0 Å². The molecule has 0 saturated carbocycles. The van der Waals surface area contributed by atoms with Crippen molar-refractivity contribution in [2.24, 2.45) is 0 Å². The molecule has 2 aromatic heterocycles. The Morgan fingerprint density at radius 1 is 1.17 bits per heavy atom. The van der Waals surface area contributed by atoms with Gasteiger partial charge in [0.25, 0.3) is 5.91 Å². The second-order valence-corrected chi connectivity index (χ2v) is 8.05. The minimum absolute atomic E-state index is 0.111. The number of nitrogens with zero attached hydrogens (tertiary/aromatic N) is 2. The second-order valence-electron chi connectivity index (χ2n) is 7.00. The van der Waals surface area contributed by atoms with Gasteiger partial charge in [-0.2, -0.15) is 0 Å². The fraction of sp³-hybridized carbons (Fsp3) is 0.304. The van der Waals surface area contributed by atoms with E-state index in [2.05, 4.69) is 21.3 Å². The van der Waals surface area contributed by atoms with Crippen LogP contribution in [-0.4, -0.2) is 30.6 Å². The van der Waals surface area contributed by atoms with Crippen LogP contribution in [0.3, 0.4) is 0 Å². The molecule has 1 aliphatic rings. The number of amides is 1. The Hall–Kier alpha value is -2.86. The third kappa shape index (κ3) is 4.59. The minimum Gasteiger partial charge on any atom is -0.492 e. The van der Waals surface area contributed by atoms with E-state index in [1.165, 1.54) is 24.2 Å². The Labute approximate surface area is 175 Å². The standard InChI is InChI=1S/C23H25N3O2S/c1-2-28-19-15-20(18-8-4-3-5-9-18)29-22(19)23(27)25-16-17-10-11-24-21(14-17)26-12-6-7-13-26/h3-5,8-11,14-15H,2,6-7,12-13,16H2,1H3,(H,25,27). The summed E-state index contributed by atoms with van der Waals surface area (Å²) >= 11 is 1.46. The molecule has 4 rings (SSSR count). The smallest absolute Gasteiger partial charge is 0.265 e. The average molecular weight is 408 g/mol. The third-order valence-corrected chi connectivity index (χ3v) is 6.12. The number of benzene rings is 1. The van der Waals surface area contributed by atoms with Gasteiger partial charge >= 0.3 is 0 Å². The van der Waals surface area contributed by atoms with Crippen molar-refractivity contribution in [3.63, 3.8) is 0 Å². The van der Waals surface area contributed by atoms with E-state index >= 15 is 0 Å². The first-order valence-electron chi connectivity index (χ1n) is 10.0. The number of thiophene rings is 1. The maximum Gasteiger partial charge on any atom is 0.265 e. The van der Waals surface area contributed by atoms with Crippen LogP contribution in [0, 0.1) is 0 Å². The highest BCUT2D eigenvalue weighted by Crippen LogP contribution is 2.36. The van der Waals surface area contributed by atoms with Gasteiger partial charge in [0.2, 0.25) is 0 Å². The maximum absolute atomic E-state index is 12.9. The highest BCUT2D eigenvalue weighted by molar-refractivity contribution is 7.17. The number of hydrogen-bond donors (Lipinski definition) is 1. The topological polar surface area (TPSA) is 54.5 Å². The van der Waals surface area contributed by atoms with E-state index in [1.807, 2.05) is 55.6 Å². The summed E-state index contributed by atoms with van der Waals surface area (Å²) in [5.41, 5.74) is 2.13. The molecule has 5 nitrogen and oxygen atoms in total. The van der Waals surface area contributed by atoms with E-state index in [0.29, 0.717) is 23.8 Å². The molecule has 1 saturated heterocycles. The Morgan fingerprint density at radius 3 is 2.72 bits per heavy atom. The van der Waals surface area contributed by atoms with Gasteiger partial charge in [0.15, 0.2) is 0 Å². The zero-order chi connectivity index (χ0) is 20.1. The van der Waals surface area contributed by atoms with Crippen LogP contribution in [0.25, 0.3) is 10.4 Å². The molecular weight excluding hydrogens is 382 g/mol. The van der Waals surface area contributed by atoms with E-state index < -0.39 is 0 Å². The normalized spacial score (nSPS) is 13.5. The monoisotopic (exact) mass is 407 g/mol. The summed E-state index contributed by atoms with van der Waals surface area (Å²) < 4.78 is 5.73. The summed E-state index contributed by atoms with van der Waals surface area (Å²) in [4.78, 5) is 21.3. The third-order valence-electron chi connectivity index (χ3n) is 4.96. The van der Waals surface area contributed by atoms with Gasteiger partial charge in [-0.05, 0) is 49.1 Å². The van der Waals surface area contributed by atoms with Crippen LogP contribution in [0.2, 0.25) is 0 Å². The van der Waals surface area contributed by atoms with Crippen molar-refractivity contribution in [2.75, 3.05) is 24.6 Å². The molecule has 1 aliphatic heterocycles. The summed E-state index contributed by atoms with van der Waals surface area (Å²) in [5.74, 6) is 1.52. The summed E-state index contributed by atoms with van der Waals surface area (Å²) in [6.07, 6.45) is 4.25. The molecule has 0 atom stereocenters. The molecule has 1 amide bonds. The van der Waals surface area contributed by atoms with Crippen LogP contribution in [0.5, 0.6) is 5.75 Å².